The Kier molecular flexibility index (Phi) is 3.37. The lowest BCUT2D eigenvalue weighted by Gasteiger charge is -2.06. The Hall–Kier alpha value is -1.60. The van der Waals surface area contributed by atoms with Gasteiger partial charge in [0.15, 0.2) is 0 Å². The summed E-state index contributed by atoms with van der Waals surface area (Å²) in [6, 6.07) is 16.6. The smallest absolute Gasteiger partial charge is 0.0681 e. The summed E-state index contributed by atoms with van der Waals surface area (Å²) in [5.74, 6) is 0. The predicted octanol–water partition coefficient (Wildman–Crippen LogP) is 3.08. The summed E-state index contributed by atoms with van der Waals surface area (Å²) in [7, 11) is 0. The maximum Gasteiger partial charge on any atom is 0.0681 e. The third-order valence-corrected chi connectivity index (χ3v) is 2.86. The maximum absolute atomic E-state index is 8.96. The molecule has 1 heteroatoms. The quantitative estimate of drug-likeness (QED) is 0.829. The molecule has 1 nitrogen and oxygen atoms in total. The molecule has 0 radical (unpaired) electrons. The van der Waals surface area contributed by atoms with Crippen LogP contribution in [0.2, 0.25) is 0 Å². The van der Waals surface area contributed by atoms with Crippen molar-refractivity contribution in [2.75, 3.05) is 0 Å². The van der Waals surface area contributed by atoms with Crippen LogP contribution in [0.15, 0.2) is 48.5 Å². The van der Waals surface area contributed by atoms with E-state index in [-0.39, 0.29) is 6.61 Å². The van der Waals surface area contributed by atoms with Gasteiger partial charge < -0.3 is 5.11 Å². The second kappa shape index (κ2) is 4.95. The van der Waals surface area contributed by atoms with Crippen LogP contribution in [0.1, 0.15) is 22.3 Å². The molecule has 0 amide bonds. The minimum atomic E-state index is 0.116. The number of aryl methyl sites for hydroxylation is 1. The number of hydrogen-bond donors (Lipinski definition) is 1. The third-order valence-electron chi connectivity index (χ3n) is 2.86. The number of aliphatic hydroxyl groups is 1. The van der Waals surface area contributed by atoms with Crippen LogP contribution >= 0.6 is 0 Å². The molecule has 2 rings (SSSR count). The summed E-state index contributed by atoms with van der Waals surface area (Å²) >= 11 is 0. The highest BCUT2D eigenvalue weighted by Gasteiger charge is 1.99. The van der Waals surface area contributed by atoms with E-state index in [2.05, 4.69) is 43.3 Å². The normalized spacial score (nSPS) is 10.4. The lowest BCUT2D eigenvalue weighted by atomic mass is 10.00. The minimum absolute atomic E-state index is 0.116. The molecule has 0 aliphatic rings. The van der Waals surface area contributed by atoms with Crippen LogP contribution < -0.4 is 0 Å². The van der Waals surface area contributed by atoms with Gasteiger partial charge in [0.1, 0.15) is 0 Å². The van der Waals surface area contributed by atoms with Gasteiger partial charge in [-0.3, -0.25) is 0 Å². The first kappa shape index (κ1) is 10.9. The molecule has 0 saturated carbocycles. The Labute approximate surface area is 96.4 Å². The van der Waals surface area contributed by atoms with Crippen LogP contribution in [0.3, 0.4) is 0 Å². The first-order valence-electron chi connectivity index (χ1n) is 5.53. The SMILES string of the molecule is Cc1ccccc1Cc1ccc(CO)cc1. The summed E-state index contributed by atoms with van der Waals surface area (Å²) in [4.78, 5) is 0. The summed E-state index contributed by atoms with van der Waals surface area (Å²) in [5.41, 5.74) is 4.94. The van der Waals surface area contributed by atoms with Gasteiger partial charge in [0, 0.05) is 0 Å². The predicted molar refractivity (Wildman–Crippen MR) is 66.3 cm³/mol. The second-order valence-corrected chi connectivity index (χ2v) is 4.08. The molecule has 2 aromatic carbocycles. The van der Waals surface area contributed by atoms with Gasteiger partial charge in [-0.2, -0.15) is 0 Å². The molecule has 0 bridgehead atoms. The minimum Gasteiger partial charge on any atom is -0.392 e. The molecule has 0 aromatic heterocycles. The van der Waals surface area contributed by atoms with Crippen molar-refractivity contribution in [3.8, 4) is 0 Å². The third kappa shape index (κ3) is 2.50. The average molecular weight is 212 g/mol. The van der Waals surface area contributed by atoms with Gasteiger partial charge in [0.2, 0.25) is 0 Å². The van der Waals surface area contributed by atoms with E-state index in [0.29, 0.717) is 0 Å². The fourth-order valence-electron chi connectivity index (χ4n) is 1.79. The van der Waals surface area contributed by atoms with E-state index in [4.69, 9.17) is 5.11 Å². The zero-order valence-electron chi connectivity index (χ0n) is 9.48. The Balaban J connectivity index is 2.18. The van der Waals surface area contributed by atoms with Crippen molar-refractivity contribution in [3.05, 3.63) is 70.8 Å². The molecule has 0 unspecified atom stereocenters. The van der Waals surface area contributed by atoms with Gasteiger partial charge >= 0.3 is 0 Å². The van der Waals surface area contributed by atoms with E-state index in [1.807, 2.05) is 12.1 Å². The molecule has 82 valence electrons. The molecule has 0 atom stereocenters. The highest BCUT2D eigenvalue weighted by molar-refractivity contribution is 5.32. The van der Waals surface area contributed by atoms with Crippen molar-refractivity contribution in [1.82, 2.24) is 0 Å². The average Bonchev–Trinajstić information content (AvgIpc) is 2.33. The van der Waals surface area contributed by atoms with E-state index in [1.165, 1.54) is 16.7 Å². The second-order valence-electron chi connectivity index (χ2n) is 4.08. The molecule has 0 aliphatic carbocycles. The molecule has 0 aliphatic heterocycles. The maximum atomic E-state index is 8.96. The zero-order valence-corrected chi connectivity index (χ0v) is 9.48. The lowest BCUT2D eigenvalue weighted by Crippen LogP contribution is -1.92. The summed E-state index contributed by atoms with van der Waals surface area (Å²) < 4.78 is 0. The monoisotopic (exact) mass is 212 g/mol. The topological polar surface area (TPSA) is 20.2 Å². The fraction of sp³-hybridized carbons (Fsp3) is 0.200. The van der Waals surface area contributed by atoms with Crippen LogP contribution in [0.4, 0.5) is 0 Å². The Morgan fingerprint density at radius 1 is 0.875 bits per heavy atom. The molecule has 16 heavy (non-hydrogen) atoms. The van der Waals surface area contributed by atoms with E-state index in [0.717, 1.165) is 12.0 Å². The van der Waals surface area contributed by atoms with E-state index >= 15 is 0 Å². The van der Waals surface area contributed by atoms with Crippen molar-refractivity contribution in [1.29, 1.82) is 0 Å². The summed E-state index contributed by atoms with van der Waals surface area (Å²) in [6.45, 7) is 2.25. The van der Waals surface area contributed by atoms with Gasteiger partial charge in [-0.05, 0) is 35.6 Å². The number of aliphatic hydroxyl groups excluding tert-OH is 1. The summed E-state index contributed by atoms with van der Waals surface area (Å²) in [6.07, 6.45) is 0.957. The Bertz CT molecular complexity index is 457. The van der Waals surface area contributed by atoms with Crippen LogP contribution in [0.25, 0.3) is 0 Å². The Morgan fingerprint density at radius 2 is 1.50 bits per heavy atom. The molecule has 1 N–H and O–H groups in total. The molecule has 2 aromatic rings. The van der Waals surface area contributed by atoms with Gasteiger partial charge in [-0.15, -0.1) is 0 Å². The Morgan fingerprint density at radius 3 is 2.12 bits per heavy atom. The zero-order chi connectivity index (χ0) is 11.4. The van der Waals surface area contributed by atoms with Crippen molar-refractivity contribution in [2.24, 2.45) is 0 Å². The van der Waals surface area contributed by atoms with Gasteiger partial charge in [-0.25, -0.2) is 0 Å². The van der Waals surface area contributed by atoms with Crippen LogP contribution in [-0.4, -0.2) is 5.11 Å². The largest absolute Gasteiger partial charge is 0.392 e. The van der Waals surface area contributed by atoms with E-state index in [9.17, 15) is 0 Å². The van der Waals surface area contributed by atoms with E-state index < -0.39 is 0 Å². The molecular formula is C15H16O. The van der Waals surface area contributed by atoms with Crippen LogP contribution in [-0.2, 0) is 13.0 Å². The molecule has 0 saturated heterocycles. The van der Waals surface area contributed by atoms with Gasteiger partial charge in [-0.1, -0.05) is 48.5 Å². The highest BCUT2D eigenvalue weighted by atomic mass is 16.3. The summed E-state index contributed by atoms with van der Waals surface area (Å²) in [5, 5.41) is 8.96. The van der Waals surface area contributed by atoms with E-state index in [1.54, 1.807) is 0 Å². The fourth-order valence-corrected chi connectivity index (χ4v) is 1.79. The molecular weight excluding hydrogens is 196 g/mol. The molecule has 0 heterocycles. The molecule has 0 spiro atoms. The van der Waals surface area contributed by atoms with Crippen LogP contribution in [0.5, 0.6) is 0 Å². The first-order valence-corrected chi connectivity index (χ1v) is 5.53. The first-order chi connectivity index (χ1) is 7.79. The lowest BCUT2D eigenvalue weighted by molar-refractivity contribution is 0.282. The number of benzene rings is 2. The van der Waals surface area contributed by atoms with Crippen molar-refractivity contribution >= 4 is 0 Å². The van der Waals surface area contributed by atoms with Gasteiger partial charge in [0.25, 0.3) is 0 Å². The number of rotatable bonds is 3. The van der Waals surface area contributed by atoms with Crippen molar-refractivity contribution in [3.63, 3.8) is 0 Å². The van der Waals surface area contributed by atoms with Gasteiger partial charge in [0.05, 0.1) is 6.61 Å². The molecule has 0 fully saturated rings. The highest BCUT2D eigenvalue weighted by Crippen LogP contribution is 2.14. The van der Waals surface area contributed by atoms with Crippen LogP contribution in [0, 0.1) is 6.92 Å². The van der Waals surface area contributed by atoms with Crippen molar-refractivity contribution in [2.45, 2.75) is 20.0 Å². The standard InChI is InChI=1S/C15H16O/c1-12-4-2-3-5-15(12)10-13-6-8-14(11-16)9-7-13/h2-9,16H,10-11H2,1H3. The number of hydrogen-bond acceptors (Lipinski definition) is 1. The van der Waals surface area contributed by atoms with Crippen molar-refractivity contribution < 1.29 is 5.11 Å².